The maximum Gasteiger partial charge on any atom is 0.326 e. The van der Waals surface area contributed by atoms with Gasteiger partial charge in [0.1, 0.15) is 6.04 Å². The monoisotopic (exact) mass is 258 g/mol. The zero-order valence-electron chi connectivity index (χ0n) is 10.2. The largest absolute Gasteiger partial charge is 0.480 e. The third-order valence-electron chi connectivity index (χ3n) is 2.88. The summed E-state index contributed by atoms with van der Waals surface area (Å²) >= 11 is 0. The summed E-state index contributed by atoms with van der Waals surface area (Å²) in [5, 5.41) is 11.2. The van der Waals surface area contributed by atoms with E-state index in [1.165, 1.54) is 0 Å². The van der Waals surface area contributed by atoms with Crippen molar-refractivity contribution in [3.63, 3.8) is 0 Å². The van der Waals surface area contributed by atoms with E-state index in [1.54, 1.807) is 0 Å². The first-order chi connectivity index (χ1) is 8.40. The number of amides is 2. The van der Waals surface area contributed by atoms with Crippen molar-refractivity contribution < 1.29 is 24.2 Å². The minimum Gasteiger partial charge on any atom is -0.480 e. The number of rotatable bonds is 5. The summed E-state index contributed by atoms with van der Waals surface area (Å²) in [5.74, 6) is -2.66. The summed E-state index contributed by atoms with van der Waals surface area (Å²) in [5.41, 5.74) is 4.93. The molecule has 1 aliphatic rings. The van der Waals surface area contributed by atoms with E-state index in [2.05, 4.69) is 5.32 Å². The second-order valence-electron chi connectivity index (χ2n) is 4.47. The van der Waals surface area contributed by atoms with Crippen molar-refractivity contribution in [3.05, 3.63) is 0 Å². The van der Waals surface area contributed by atoms with Crippen molar-refractivity contribution in [2.75, 3.05) is 6.61 Å². The number of hydrogen-bond donors (Lipinski definition) is 3. The molecule has 7 nitrogen and oxygen atoms in total. The van der Waals surface area contributed by atoms with Gasteiger partial charge >= 0.3 is 5.97 Å². The molecular weight excluding hydrogens is 240 g/mol. The maximum absolute atomic E-state index is 11.9. The van der Waals surface area contributed by atoms with Gasteiger partial charge in [-0.25, -0.2) is 4.79 Å². The van der Waals surface area contributed by atoms with Gasteiger partial charge in [0.15, 0.2) is 0 Å². The normalized spacial score (nSPS) is 25.2. The van der Waals surface area contributed by atoms with Crippen LogP contribution in [0, 0.1) is 5.92 Å². The lowest BCUT2D eigenvalue weighted by Crippen LogP contribution is -2.47. The number of carbonyl (C=O) groups is 3. The summed E-state index contributed by atoms with van der Waals surface area (Å²) < 4.78 is 5.30. The number of hydrogen-bond acceptors (Lipinski definition) is 4. The van der Waals surface area contributed by atoms with Crippen LogP contribution in [0.1, 0.15) is 26.2 Å². The van der Waals surface area contributed by atoms with E-state index < -0.39 is 24.3 Å². The van der Waals surface area contributed by atoms with Gasteiger partial charge < -0.3 is 20.9 Å². The van der Waals surface area contributed by atoms with Crippen molar-refractivity contribution in [1.82, 2.24) is 5.32 Å². The highest BCUT2D eigenvalue weighted by Crippen LogP contribution is 2.20. The van der Waals surface area contributed by atoms with Crippen LogP contribution in [0.2, 0.25) is 0 Å². The van der Waals surface area contributed by atoms with Gasteiger partial charge in [0, 0.05) is 12.5 Å². The molecule has 7 heteroatoms. The van der Waals surface area contributed by atoms with Gasteiger partial charge in [-0.3, -0.25) is 9.59 Å². The third-order valence-corrected chi connectivity index (χ3v) is 2.88. The predicted molar refractivity (Wildman–Crippen MR) is 61.5 cm³/mol. The Bertz CT molecular complexity index is 344. The Balaban J connectivity index is 2.54. The van der Waals surface area contributed by atoms with Crippen LogP contribution in [0.5, 0.6) is 0 Å². The predicted octanol–water partition coefficient (Wildman–Crippen LogP) is -0.754. The molecule has 1 rings (SSSR count). The molecule has 2 unspecified atom stereocenters. The van der Waals surface area contributed by atoms with Crippen LogP contribution in [0.25, 0.3) is 0 Å². The van der Waals surface area contributed by atoms with Crippen LogP contribution in [0.4, 0.5) is 0 Å². The van der Waals surface area contributed by atoms with Gasteiger partial charge in [-0.05, 0) is 19.8 Å². The highest BCUT2D eigenvalue weighted by Gasteiger charge is 2.29. The van der Waals surface area contributed by atoms with E-state index in [0.29, 0.717) is 19.4 Å². The van der Waals surface area contributed by atoms with Crippen LogP contribution >= 0.6 is 0 Å². The maximum atomic E-state index is 11.9. The van der Waals surface area contributed by atoms with Gasteiger partial charge in [0.2, 0.25) is 11.8 Å². The second-order valence-corrected chi connectivity index (χ2v) is 4.47. The Morgan fingerprint density at radius 1 is 1.50 bits per heavy atom. The summed E-state index contributed by atoms with van der Waals surface area (Å²) in [7, 11) is 0. The first-order valence-corrected chi connectivity index (χ1v) is 5.83. The molecule has 0 aromatic rings. The molecule has 0 aliphatic carbocycles. The molecule has 0 radical (unpaired) electrons. The lowest BCUT2D eigenvalue weighted by atomic mass is 9.95. The molecule has 102 valence electrons. The van der Waals surface area contributed by atoms with Gasteiger partial charge in [0.25, 0.3) is 0 Å². The van der Waals surface area contributed by atoms with Crippen molar-refractivity contribution in [3.8, 4) is 0 Å². The zero-order valence-corrected chi connectivity index (χ0v) is 10.2. The number of primary amides is 1. The van der Waals surface area contributed by atoms with E-state index >= 15 is 0 Å². The standard InChI is InChI=1S/C11H18N2O5/c1-6-4-7(2-3-18-6)10(15)13-8(11(16)17)5-9(12)14/h6-8H,2-5H2,1H3,(H2,12,14)(H,13,15)(H,16,17)/t6?,7?,8-/m0/s1. The van der Waals surface area contributed by atoms with Gasteiger partial charge in [-0.15, -0.1) is 0 Å². The molecule has 0 aromatic heterocycles. The smallest absolute Gasteiger partial charge is 0.326 e. The molecule has 18 heavy (non-hydrogen) atoms. The number of aliphatic carboxylic acids is 1. The summed E-state index contributed by atoms with van der Waals surface area (Å²) in [6.07, 6.45) is 0.683. The Morgan fingerprint density at radius 3 is 2.67 bits per heavy atom. The number of ether oxygens (including phenoxy) is 1. The first-order valence-electron chi connectivity index (χ1n) is 5.83. The minimum absolute atomic E-state index is 0.0195. The zero-order chi connectivity index (χ0) is 13.7. The molecule has 2 amide bonds. The molecule has 1 fully saturated rings. The van der Waals surface area contributed by atoms with Crippen molar-refractivity contribution in [2.45, 2.75) is 38.3 Å². The quantitative estimate of drug-likeness (QED) is 0.599. The van der Waals surface area contributed by atoms with E-state index in [4.69, 9.17) is 15.6 Å². The van der Waals surface area contributed by atoms with Crippen molar-refractivity contribution in [1.29, 1.82) is 0 Å². The lowest BCUT2D eigenvalue weighted by molar-refractivity contribution is -0.144. The Kier molecular flexibility index (Phi) is 5.08. The lowest BCUT2D eigenvalue weighted by Gasteiger charge is -2.27. The van der Waals surface area contributed by atoms with E-state index in [-0.39, 0.29) is 17.9 Å². The van der Waals surface area contributed by atoms with Crippen LogP contribution in [0.15, 0.2) is 0 Å². The first kappa shape index (κ1) is 14.4. The number of nitrogens with two attached hydrogens (primary N) is 1. The number of carbonyl (C=O) groups excluding carboxylic acids is 2. The van der Waals surface area contributed by atoms with Gasteiger partial charge in [-0.1, -0.05) is 0 Å². The molecule has 1 aliphatic heterocycles. The van der Waals surface area contributed by atoms with Gasteiger partial charge in [0.05, 0.1) is 12.5 Å². The van der Waals surface area contributed by atoms with Crippen LogP contribution < -0.4 is 11.1 Å². The molecule has 0 saturated carbocycles. The Hall–Kier alpha value is -1.63. The Labute approximate surface area is 105 Å². The van der Waals surface area contributed by atoms with Crippen LogP contribution in [-0.2, 0) is 19.1 Å². The number of nitrogens with one attached hydrogen (secondary N) is 1. The topological polar surface area (TPSA) is 119 Å². The fourth-order valence-electron chi connectivity index (χ4n) is 1.93. The summed E-state index contributed by atoms with van der Waals surface area (Å²) in [6.45, 7) is 2.34. The van der Waals surface area contributed by atoms with Crippen LogP contribution in [-0.4, -0.2) is 41.6 Å². The molecule has 3 atom stereocenters. The highest BCUT2D eigenvalue weighted by molar-refractivity contribution is 5.88. The van der Waals surface area contributed by atoms with Crippen LogP contribution in [0.3, 0.4) is 0 Å². The molecule has 0 bridgehead atoms. The molecule has 1 heterocycles. The molecule has 4 N–H and O–H groups in total. The minimum atomic E-state index is -1.26. The average molecular weight is 258 g/mol. The highest BCUT2D eigenvalue weighted by atomic mass is 16.5. The molecule has 0 spiro atoms. The summed E-state index contributed by atoms with van der Waals surface area (Å²) in [6, 6.07) is -1.26. The average Bonchev–Trinajstić information content (AvgIpc) is 2.27. The number of carboxylic acids is 1. The molecule has 1 saturated heterocycles. The molecular formula is C11H18N2O5. The Morgan fingerprint density at radius 2 is 2.17 bits per heavy atom. The van der Waals surface area contributed by atoms with Crippen molar-refractivity contribution in [2.24, 2.45) is 11.7 Å². The van der Waals surface area contributed by atoms with Crippen molar-refractivity contribution >= 4 is 17.8 Å². The van der Waals surface area contributed by atoms with E-state index in [0.717, 1.165) is 0 Å². The van der Waals surface area contributed by atoms with E-state index in [1.807, 2.05) is 6.92 Å². The second kappa shape index (κ2) is 6.34. The van der Waals surface area contributed by atoms with E-state index in [9.17, 15) is 14.4 Å². The molecule has 0 aromatic carbocycles. The third kappa shape index (κ3) is 4.33. The van der Waals surface area contributed by atoms with Gasteiger partial charge in [-0.2, -0.15) is 0 Å². The summed E-state index contributed by atoms with van der Waals surface area (Å²) in [4.78, 5) is 33.4. The fraction of sp³-hybridized carbons (Fsp3) is 0.727. The number of carboxylic acid groups (broad SMARTS) is 1. The SMILES string of the molecule is CC1CC(C(=O)N[C@@H](CC(N)=O)C(=O)O)CCO1. The fourth-order valence-corrected chi connectivity index (χ4v) is 1.93.